The van der Waals surface area contributed by atoms with Gasteiger partial charge in [0.1, 0.15) is 0 Å². The second kappa shape index (κ2) is 11.3. The lowest BCUT2D eigenvalue weighted by Gasteiger charge is -2.15. The zero-order valence-electron chi connectivity index (χ0n) is 28.4. The van der Waals surface area contributed by atoms with Crippen molar-refractivity contribution >= 4 is 65.2 Å². The molecule has 0 fully saturated rings. The van der Waals surface area contributed by atoms with Crippen molar-refractivity contribution in [1.29, 1.82) is 0 Å². The molecule has 0 aliphatic carbocycles. The van der Waals surface area contributed by atoms with E-state index in [0.717, 1.165) is 11.4 Å². The number of hydrogen-bond acceptors (Lipinski definition) is 0. The van der Waals surface area contributed by atoms with Crippen LogP contribution in [-0.2, 0) is 0 Å². The lowest BCUT2D eigenvalue weighted by molar-refractivity contribution is 1.17. The van der Waals surface area contributed by atoms with Gasteiger partial charge in [0.05, 0.1) is 27.8 Å². The molecule has 2 aromatic heterocycles. The summed E-state index contributed by atoms with van der Waals surface area (Å²) in [5, 5.41) is 10.0. The topological polar surface area (TPSA) is 9.86 Å². The van der Waals surface area contributed by atoms with E-state index in [0.29, 0.717) is 0 Å². The number of para-hydroxylation sites is 2. The molecule has 52 heavy (non-hydrogen) atoms. The van der Waals surface area contributed by atoms with Crippen LogP contribution in [0.3, 0.4) is 0 Å². The van der Waals surface area contributed by atoms with Gasteiger partial charge < -0.3 is 9.13 Å². The maximum absolute atomic E-state index is 2.52. The highest BCUT2D eigenvalue weighted by Crippen LogP contribution is 2.49. The Morgan fingerprint density at radius 1 is 0.308 bits per heavy atom. The van der Waals surface area contributed by atoms with Crippen LogP contribution in [0.5, 0.6) is 0 Å². The number of aromatic nitrogens is 2. The highest BCUT2D eigenvalue weighted by molar-refractivity contribution is 6.32. The Morgan fingerprint density at radius 3 is 1.67 bits per heavy atom. The summed E-state index contributed by atoms with van der Waals surface area (Å²) >= 11 is 0. The van der Waals surface area contributed by atoms with Crippen molar-refractivity contribution in [3.05, 3.63) is 194 Å². The molecule has 0 unspecified atom stereocenters. The van der Waals surface area contributed by atoms with Gasteiger partial charge in [0.25, 0.3) is 0 Å². The van der Waals surface area contributed by atoms with Crippen molar-refractivity contribution in [2.75, 3.05) is 0 Å². The number of hydrogen-bond donors (Lipinski definition) is 0. The Labute approximate surface area is 301 Å². The van der Waals surface area contributed by atoms with Gasteiger partial charge in [-0.3, -0.25) is 0 Å². The monoisotopic (exact) mass is 660 g/mol. The minimum absolute atomic E-state index is 1.15. The predicted octanol–water partition coefficient (Wildman–Crippen LogP) is 13.5. The van der Waals surface area contributed by atoms with Crippen molar-refractivity contribution in [2.45, 2.75) is 0 Å². The number of fused-ring (bicyclic) bond motifs is 9. The van der Waals surface area contributed by atoms with Crippen LogP contribution in [0.15, 0.2) is 194 Å². The van der Waals surface area contributed by atoms with E-state index in [-0.39, 0.29) is 0 Å². The summed E-state index contributed by atoms with van der Waals surface area (Å²) < 4.78 is 5.00. The molecule has 0 amide bonds. The summed E-state index contributed by atoms with van der Waals surface area (Å²) in [6.07, 6.45) is 0. The van der Waals surface area contributed by atoms with E-state index in [9.17, 15) is 0 Å². The normalized spacial score (nSPS) is 11.8. The third-order valence-corrected chi connectivity index (χ3v) is 10.8. The fourth-order valence-electron chi connectivity index (χ4n) is 8.65. The molecule has 0 radical (unpaired) electrons. The van der Waals surface area contributed by atoms with Gasteiger partial charge in [-0.2, -0.15) is 0 Å². The molecule has 0 spiro atoms. The SMILES string of the molecule is c1ccc(-c2ccccc2-n2c3cc4ccccc4cc3c3c(-c4ccccc4)c4c5c6ccccc6ccc5n(-c5ccccc5)c4cc32)cc1. The van der Waals surface area contributed by atoms with Crippen molar-refractivity contribution in [2.24, 2.45) is 0 Å². The predicted molar refractivity (Wildman–Crippen MR) is 221 cm³/mol. The molecule has 11 aromatic rings. The van der Waals surface area contributed by atoms with Crippen molar-refractivity contribution in [3.8, 4) is 33.6 Å². The lowest BCUT2D eigenvalue weighted by Crippen LogP contribution is -1.98. The molecule has 11 rings (SSSR count). The molecule has 242 valence electrons. The summed E-state index contributed by atoms with van der Waals surface area (Å²) in [5.41, 5.74) is 12.0. The first-order valence-electron chi connectivity index (χ1n) is 17.9. The third-order valence-electron chi connectivity index (χ3n) is 10.8. The fourth-order valence-corrected chi connectivity index (χ4v) is 8.65. The van der Waals surface area contributed by atoms with Gasteiger partial charge in [0, 0.05) is 38.4 Å². The van der Waals surface area contributed by atoms with Gasteiger partial charge in [-0.05, 0) is 75.1 Å². The van der Waals surface area contributed by atoms with E-state index in [4.69, 9.17) is 0 Å². The van der Waals surface area contributed by atoms with E-state index < -0.39 is 0 Å². The summed E-state index contributed by atoms with van der Waals surface area (Å²) in [4.78, 5) is 0. The molecule has 0 saturated heterocycles. The molecular weight excluding hydrogens is 629 g/mol. The van der Waals surface area contributed by atoms with Crippen LogP contribution >= 0.6 is 0 Å². The van der Waals surface area contributed by atoms with Gasteiger partial charge in [0.15, 0.2) is 0 Å². The van der Waals surface area contributed by atoms with Crippen LogP contribution in [0.1, 0.15) is 0 Å². The first-order chi connectivity index (χ1) is 25.8. The number of benzene rings is 9. The second-order valence-corrected chi connectivity index (χ2v) is 13.7. The Morgan fingerprint density at radius 2 is 0.904 bits per heavy atom. The van der Waals surface area contributed by atoms with E-state index in [1.807, 2.05) is 0 Å². The van der Waals surface area contributed by atoms with E-state index >= 15 is 0 Å². The van der Waals surface area contributed by atoms with Gasteiger partial charge in [0.2, 0.25) is 0 Å². The Balaban J connectivity index is 1.45. The first kappa shape index (κ1) is 28.9. The lowest BCUT2D eigenvalue weighted by atomic mass is 9.92. The van der Waals surface area contributed by atoms with E-state index in [1.54, 1.807) is 0 Å². The van der Waals surface area contributed by atoms with Crippen molar-refractivity contribution in [3.63, 3.8) is 0 Å². The smallest absolute Gasteiger partial charge is 0.0568 e. The molecule has 2 heteroatoms. The molecule has 0 aliphatic heterocycles. The second-order valence-electron chi connectivity index (χ2n) is 13.7. The molecule has 2 heterocycles. The van der Waals surface area contributed by atoms with Crippen LogP contribution in [0.2, 0.25) is 0 Å². The van der Waals surface area contributed by atoms with Crippen LogP contribution in [0, 0.1) is 0 Å². The van der Waals surface area contributed by atoms with E-state index in [2.05, 4.69) is 203 Å². The zero-order valence-corrected chi connectivity index (χ0v) is 28.4. The molecule has 0 bridgehead atoms. The highest BCUT2D eigenvalue weighted by atomic mass is 15.0. The van der Waals surface area contributed by atoms with Crippen LogP contribution in [0.4, 0.5) is 0 Å². The van der Waals surface area contributed by atoms with E-state index in [1.165, 1.54) is 87.4 Å². The average molecular weight is 661 g/mol. The first-order valence-corrected chi connectivity index (χ1v) is 17.9. The number of nitrogens with zero attached hydrogens (tertiary/aromatic N) is 2. The van der Waals surface area contributed by atoms with Crippen LogP contribution < -0.4 is 0 Å². The van der Waals surface area contributed by atoms with Crippen LogP contribution in [-0.4, -0.2) is 9.13 Å². The Kier molecular flexibility index (Phi) is 6.28. The fraction of sp³-hybridized carbons (Fsp3) is 0. The summed E-state index contributed by atoms with van der Waals surface area (Å²) in [7, 11) is 0. The molecule has 0 N–H and O–H groups in total. The van der Waals surface area contributed by atoms with Gasteiger partial charge in [-0.15, -0.1) is 0 Å². The van der Waals surface area contributed by atoms with Gasteiger partial charge in [-0.1, -0.05) is 152 Å². The summed E-state index contributed by atoms with van der Waals surface area (Å²) in [6, 6.07) is 71.0. The molecule has 0 saturated carbocycles. The van der Waals surface area contributed by atoms with Crippen molar-refractivity contribution in [1.82, 2.24) is 9.13 Å². The van der Waals surface area contributed by atoms with Crippen molar-refractivity contribution < 1.29 is 0 Å². The Bertz CT molecular complexity index is 3150. The highest BCUT2D eigenvalue weighted by Gasteiger charge is 2.26. The minimum Gasteiger partial charge on any atom is -0.309 e. The number of rotatable bonds is 4. The maximum atomic E-state index is 2.52. The molecular formula is C50H32N2. The molecule has 2 nitrogen and oxygen atoms in total. The zero-order chi connectivity index (χ0) is 34.2. The molecule has 0 aliphatic rings. The standard InChI is InChI=1S/C50H32N2/c1-4-16-33(17-5-1)39-25-14-15-27-42(39)52-44-31-37-22-11-10-21-36(37)30-41(44)49-45(52)32-46-50(47(49)35-19-6-2-7-20-35)48-40-26-13-12-18-34(40)28-29-43(48)51(46)38-23-8-3-9-24-38/h1-32H. The third kappa shape index (κ3) is 4.19. The molecule has 0 atom stereocenters. The maximum Gasteiger partial charge on any atom is 0.0568 e. The van der Waals surface area contributed by atoms with Crippen LogP contribution in [0.25, 0.3) is 98.8 Å². The quantitative estimate of drug-likeness (QED) is 0.178. The molecule has 9 aromatic carbocycles. The largest absolute Gasteiger partial charge is 0.309 e. The summed E-state index contributed by atoms with van der Waals surface area (Å²) in [6.45, 7) is 0. The minimum atomic E-state index is 1.15. The summed E-state index contributed by atoms with van der Waals surface area (Å²) in [5.74, 6) is 0. The average Bonchev–Trinajstić information content (AvgIpc) is 3.72. The van der Waals surface area contributed by atoms with Gasteiger partial charge in [-0.25, -0.2) is 0 Å². The Hall–Kier alpha value is -6.90. The van der Waals surface area contributed by atoms with Gasteiger partial charge >= 0.3 is 0 Å².